The van der Waals surface area contributed by atoms with Crippen LogP contribution in [0.15, 0.2) is 0 Å². The molecule has 0 bridgehead atoms. The molecular weight excluding hydrogens is 238 g/mol. The first-order valence-electron chi connectivity index (χ1n) is 8.16. The van der Waals surface area contributed by atoms with Gasteiger partial charge in [0.1, 0.15) is 6.10 Å². The highest BCUT2D eigenvalue weighted by atomic mass is 16.5. The Bertz CT molecular complexity index is 243. The Morgan fingerprint density at radius 3 is 2.26 bits per heavy atom. The molecule has 0 aliphatic carbocycles. The topological polar surface area (TPSA) is 52.3 Å². The smallest absolute Gasteiger partial charge is 0.161 e. The molecule has 0 aromatic carbocycles. The van der Waals surface area contributed by atoms with E-state index in [1.54, 1.807) is 0 Å². The molecule has 1 fully saturated rings. The summed E-state index contributed by atoms with van der Waals surface area (Å²) in [6.45, 7) is 2.79. The van der Waals surface area contributed by atoms with Gasteiger partial charge in [-0.25, -0.2) is 0 Å². The Morgan fingerprint density at radius 1 is 1.05 bits per heavy atom. The predicted molar refractivity (Wildman–Crippen MR) is 79.2 cm³/mol. The Morgan fingerprint density at radius 2 is 1.68 bits per heavy atom. The van der Waals surface area contributed by atoms with Crippen molar-refractivity contribution in [3.63, 3.8) is 0 Å². The number of rotatable bonds is 11. The number of hydrogen-bond donors (Lipinski definition) is 1. The van der Waals surface area contributed by atoms with Gasteiger partial charge in [0.2, 0.25) is 0 Å². The van der Waals surface area contributed by atoms with E-state index >= 15 is 0 Å². The van der Waals surface area contributed by atoms with Crippen molar-refractivity contribution < 1.29 is 9.53 Å². The average Bonchev–Trinajstić information content (AvgIpc) is 2.90. The maximum absolute atomic E-state index is 11.9. The van der Waals surface area contributed by atoms with Gasteiger partial charge in [0.05, 0.1) is 6.10 Å². The summed E-state index contributed by atoms with van der Waals surface area (Å²) in [5.41, 5.74) is 5.55. The summed E-state index contributed by atoms with van der Waals surface area (Å²) in [4.78, 5) is 11.9. The number of nitrogens with two attached hydrogens (primary N) is 1. The zero-order valence-electron chi connectivity index (χ0n) is 12.5. The second kappa shape index (κ2) is 10.4. The van der Waals surface area contributed by atoms with E-state index in [0.29, 0.717) is 18.7 Å². The predicted octanol–water partition coefficient (Wildman–Crippen LogP) is 3.59. The average molecular weight is 269 g/mol. The molecule has 0 amide bonds. The molecular formula is C16H31NO2. The van der Waals surface area contributed by atoms with Crippen LogP contribution < -0.4 is 5.73 Å². The summed E-state index contributed by atoms with van der Waals surface area (Å²) < 4.78 is 5.62. The van der Waals surface area contributed by atoms with Crippen molar-refractivity contribution in [2.24, 2.45) is 5.73 Å². The summed E-state index contributed by atoms with van der Waals surface area (Å²) in [6, 6.07) is 0. The Kier molecular flexibility index (Phi) is 9.10. The quantitative estimate of drug-likeness (QED) is 0.583. The van der Waals surface area contributed by atoms with Crippen molar-refractivity contribution in [2.45, 2.75) is 89.8 Å². The van der Waals surface area contributed by atoms with Gasteiger partial charge < -0.3 is 10.5 Å². The molecule has 1 saturated heterocycles. The zero-order valence-corrected chi connectivity index (χ0v) is 12.5. The van der Waals surface area contributed by atoms with Crippen molar-refractivity contribution in [1.29, 1.82) is 0 Å². The third kappa shape index (κ3) is 7.07. The second-order valence-electron chi connectivity index (χ2n) is 5.75. The van der Waals surface area contributed by atoms with E-state index in [-0.39, 0.29) is 12.2 Å². The van der Waals surface area contributed by atoms with Gasteiger partial charge in [0.25, 0.3) is 0 Å². The lowest BCUT2D eigenvalue weighted by Gasteiger charge is -2.11. The highest BCUT2D eigenvalue weighted by molar-refractivity contribution is 5.83. The normalized spacial score (nSPS) is 22.8. The standard InChI is InChI=1S/C16H31NO2/c1-2-3-4-5-6-7-8-9-10-15(18)16-12-11-14(13-17)19-16/h14,16H,2-13,17H2,1H3. The van der Waals surface area contributed by atoms with Gasteiger partial charge in [0.15, 0.2) is 5.78 Å². The van der Waals surface area contributed by atoms with Crippen LogP contribution in [0.1, 0.15) is 77.6 Å². The van der Waals surface area contributed by atoms with Gasteiger partial charge >= 0.3 is 0 Å². The van der Waals surface area contributed by atoms with Gasteiger partial charge in [0, 0.05) is 13.0 Å². The van der Waals surface area contributed by atoms with Crippen LogP contribution in [-0.4, -0.2) is 24.5 Å². The second-order valence-corrected chi connectivity index (χ2v) is 5.75. The van der Waals surface area contributed by atoms with Crippen LogP contribution in [0.25, 0.3) is 0 Å². The number of carbonyl (C=O) groups is 1. The van der Waals surface area contributed by atoms with E-state index in [2.05, 4.69) is 6.92 Å². The van der Waals surface area contributed by atoms with Crippen LogP contribution in [0.4, 0.5) is 0 Å². The molecule has 2 N–H and O–H groups in total. The zero-order chi connectivity index (χ0) is 13.9. The Balaban J connectivity index is 1.93. The van der Waals surface area contributed by atoms with Crippen LogP contribution in [0, 0.1) is 0 Å². The van der Waals surface area contributed by atoms with Crippen LogP contribution >= 0.6 is 0 Å². The molecule has 1 aliphatic rings. The van der Waals surface area contributed by atoms with Gasteiger partial charge in [-0.3, -0.25) is 4.79 Å². The lowest BCUT2D eigenvalue weighted by atomic mass is 10.0. The molecule has 0 saturated carbocycles. The first-order valence-corrected chi connectivity index (χ1v) is 8.16. The molecule has 1 heterocycles. The van der Waals surface area contributed by atoms with Gasteiger partial charge in [-0.1, -0.05) is 51.9 Å². The van der Waals surface area contributed by atoms with E-state index < -0.39 is 0 Å². The van der Waals surface area contributed by atoms with Gasteiger partial charge in [-0.05, 0) is 19.3 Å². The fraction of sp³-hybridized carbons (Fsp3) is 0.938. The highest BCUT2D eigenvalue weighted by Gasteiger charge is 2.28. The fourth-order valence-corrected chi connectivity index (χ4v) is 2.71. The maximum atomic E-state index is 11.9. The lowest BCUT2D eigenvalue weighted by molar-refractivity contribution is -0.129. The maximum Gasteiger partial charge on any atom is 0.161 e. The molecule has 2 atom stereocenters. The SMILES string of the molecule is CCCCCCCCCCC(=O)C1CCC(CN)O1. The summed E-state index contributed by atoms with van der Waals surface area (Å²) in [6.07, 6.45) is 12.7. The van der Waals surface area contributed by atoms with Crippen molar-refractivity contribution >= 4 is 5.78 Å². The number of hydrogen-bond acceptors (Lipinski definition) is 3. The molecule has 0 aromatic heterocycles. The summed E-state index contributed by atoms with van der Waals surface area (Å²) in [5.74, 6) is 0.293. The molecule has 0 spiro atoms. The summed E-state index contributed by atoms with van der Waals surface area (Å²) in [5, 5.41) is 0. The monoisotopic (exact) mass is 269 g/mol. The minimum atomic E-state index is -0.155. The number of ether oxygens (including phenoxy) is 1. The molecule has 0 aromatic rings. The minimum Gasteiger partial charge on any atom is -0.366 e. The van der Waals surface area contributed by atoms with Crippen molar-refractivity contribution in [3.8, 4) is 0 Å². The largest absolute Gasteiger partial charge is 0.366 e. The van der Waals surface area contributed by atoms with Gasteiger partial charge in [-0.2, -0.15) is 0 Å². The van der Waals surface area contributed by atoms with Crippen molar-refractivity contribution in [3.05, 3.63) is 0 Å². The number of Topliss-reactive ketones (excluding diaryl/α,β-unsaturated/α-hetero) is 1. The minimum absolute atomic E-state index is 0.118. The van der Waals surface area contributed by atoms with Gasteiger partial charge in [-0.15, -0.1) is 0 Å². The Labute approximate surface area is 118 Å². The first kappa shape index (κ1) is 16.6. The molecule has 1 aliphatic heterocycles. The summed E-state index contributed by atoms with van der Waals surface area (Å²) in [7, 11) is 0. The van der Waals surface area contributed by atoms with E-state index in [1.807, 2.05) is 0 Å². The van der Waals surface area contributed by atoms with Crippen molar-refractivity contribution in [2.75, 3.05) is 6.54 Å². The highest BCUT2D eigenvalue weighted by Crippen LogP contribution is 2.21. The van der Waals surface area contributed by atoms with Crippen LogP contribution in [0.2, 0.25) is 0 Å². The number of unbranched alkanes of at least 4 members (excludes halogenated alkanes) is 7. The van der Waals surface area contributed by atoms with E-state index in [4.69, 9.17) is 10.5 Å². The third-order valence-electron chi connectivity index (χ3n) is 4.01. The molecule has 0 radical (unpaired) electrons. The van der Waals surface area contributed by atoms with Crippen LogP contribution in [0.3, 0.4) is 0 Å². The van der Waals surface area contributed by atoms with E-state index in [0.717, 1.165) is 19.3 Å². The molecule has 3 heteroatoms. The molecule has 2 unspecified atom stereocenters. The van der Waals surface area contributed by atoms with Crippen LogP contribution in [0.5, 0.6) is 0 Å². The van der Waals surface area contributed by atoms with Crippen molar-refractivity contribution in [1.82, 2.24) is 0 Å². The molecule has 19 heavy (non-hydrogen) atoms. The molecule has 1 rings (SSSR count). The Hall–Kier alpha value is -0.410. The first-order chi connectivity index (χ1) is 9.27. The van der Waals surface area contributed by atoms with Crippen LogP contribution in [-0.2, 0) is 9.53 Å². The summed E-state index contributed by atoms with van der Waals surface area (Å²) >= 11 is 0. The third-order valence-corrected chi connectivity index (χ3v) is 4.01. The number of ketones is 1. The van der Waals surface area contributed by atoms with E-state index in [1.165, 1.54) is 44.9 Å². The fourth-order valence-electron chi connectivity index (χ4n) is 2.71. The van der Waals surface area contributed by atoms with E-state index in [9.17, 15) is 4.79 Å². The number of carbonyl (C=O) groups excluding carboxylic acids is 1. The molecule has 3 nitrogen and oxygen atoms in total. The molecule has 112 valence electrons. The lowest BCUT2D eigenvalue weighted by Crippen LogP contribution is -2.25.